The van der Waals surface area contributed by atoms with E-state index in [1.54, 1.807) is 6.92 Å². The minimum atomic E-state index is -0.603. The Kier molecular flexibility index (Phi) is 4.77. The first-order valence-corrected chi connectivity index (χ1v) is 9.43. The lowest BCUT2D eigenvalue weighted by molar-refractivity contribution is -0.128. The van der Waals surface area contributed by atoms with Gasteiger partial charge in [0.15, 0.2) is 6.10 Å². The number of fused-ring (bicyclic) bond motifs is 2. The average molecular weight is 377 g/mol. The van der Waals surface area contributed by atoms with Gasteiger partial charge in [-0.05, 0) is 49.6 Å². The van der Waals surface area contributed by atoms with Gasteiger partial charge in [0.05, 0.1) is 5.69 Å². The lowest BCUT2D eigenvalue weighted by atomic mass is 10.1. The lowest BCUT2D eigenvalue weighted by Crippen LogP contribution is -2.49. The summed E-state index contributed by atoms with van der Waals surface area (Å²) < 4.78 is 5.66. The zero-order chi connectivity index (χ0) is 19.7. The zero-order valence-electron chi connectivity index (χ0n) is 16.0. The highest BCUT2D eigenvalue weighted by atomic mass is 16.5. The van der Waals surface area contributed by atoms with Crippen molar-refractivity contribution in [2.24, 2.45) is 0 Å². The summed E-state index contributed by atoms with van der Waals surface area (Å²) in [4.78, 5) is 29.8. The highest BCUT2D eigenvalue weighted by Gasteiger charge is 2.32. The molecule has 0 saturated heterocycles. The van der Waals surface area contributed by atoms with Crippen molar-refractivity contribution in [1.82, 2.24) is 10.3 Å². The summed E-state index contributed by atoms with van der Waals surface area (Å²) in [5.74, 6) is 0.240. The number of nitrogens with one attached hydrogen (secondary N) is 2. The number of amides is 2. The Hall–Kier alpha value is -3.28. The molecule has 2 N–H and O–H groups in total. The minimum Gasteiger partial charge on any atom is -0.479 e. The van der Waals surface area contributed by atoms with Gasteiger partial charge >= 0.3 is 0 Å². The molecule has 1 aliphatic rings. The number of aromatic nitrogens is 1. The smallest absolute Gasteiger partial charge is 0.268 e. The third-order valence-corrected chi connectivity index (χ3v) is 5.02. The van der Waals surface area contributed by atoms with Gasteiger partial charge in [-0.3, -0.25) is 14.5 Å². The molecule has 0 fully saturated rings. The first-order chi connectivity index (χ1) is 13.5. The van der Waals surface area contributed by atoms with Crippen molar-refractivity contribution in [3.05, 3.63) is 59.8 Å². The van der Waals surface area contributed by atoms with Gasteiger partial charge in [0.25, 0.3) is 5.91 Å². The molecule has 6 nitrogen and oxygen atoms in total. The van der Waals surface area contributed by atoms with Gasteiger partial charge in [-0.25, -0.2) is 0 Å². The van der Waals surface area contributed by atoms with Gasteiger partial charge in [-0.2, -0.15) is 0 Å². The van der Waals surface area contributed by atoms with Crippen molar-refractivity contribution in [3.63, 3.8) is 0 Å². The maximum Gasteiger partial charge on any atom is 0.268 e. The van der Waals surface area contributed by atoms with Crippen LogP contribution in [0.25, 0.3) is 10.9 Å². The van der Waals surface area contributed by atoms with E-state index < -0.39 is 6.10 Å². The summed E-state index contributed by atoms with van der Waals surface area (Å²) in [6.45, 7) is 4.14. The molecule has 0 bridgehead atoms. The van der Waals surface area contributed by atoms with Crippen LogP contribution < -0.4 is 15.0 Å². The number of aryl methyl sites for hydroxylation is 1. The summed E-state index contributed by atoms with van der Waals surface area (Å²) in [6.07, 6.45) is 2.09. The van der Waals surface area contributed by atoms with E-state index in [0.717, 1.165) is 23.1 Å². The number of aromatic amines is 1. The highest BCUT2D eigenvalue weighted by Crippen LogP contribution is 2.34. The quantitative estimate of drug-likeness (QED) is 0.718. The maximum absolute atomic E-state index is 12.6. The standard InChI is InChI=1S/C22H23N3O3/c1-14-7-8-20-19(11-14)25(22(27)15(2)28-20)13-21(26)23-10-9-16-12-24-18-6-4-3-5-17(16)18/h3-8,11-12,15,24H,9-10,13H2,1-2H3,(H,23,26)/t15-/m1/s1. The van der Waals surface area contributed by atoms with E-state index in [4.69, 9.17) is 4.74 Å². The van der Waals surface area contributed by atoms with Gasteiger partial charge < -0.3 is 15.0 Å². The summed E-state index contributed by atoms with van der Waals surface area (Å²) in [7, 11) is 0. The lowest BCUT2D eigenvalue weighted by Gasteiger charge is -2.32. The van der Waals surface area contributed by atoms with Crippen molar-refractivity contribution in [2.45, 2.75) is 26.4 Å². The van der Waals surface area contributed by atoms with Gasteiger partial charge in [-0.1, -0.05) is 24.3 Å². The van der Waals surface area contributed by atoms with Crippen LogP contribution in [0.15, 0.2) is 48.7 Å². The van der Waals surface area contributed by atoms with Gasteiger partial charge in [0.1, 0.15) is 12.3 Å². The van der Waals surface area contributed by atoms with E-state index in [9.17, 15) is 9.59 Å². The molecule has 1 atom stereocenters. The third kappa shape index (κ3) is 3.45. The summed E-state index contributed by atoms with van der Waals surface area (Å²) in [6, 6.07) is 13.7. The van der Waals surface area contributed by atoms with Crippen LogP contribution in [0.2, 0.25) is 0 Å². The Bertz CT molecular complexity index is 1040. The van der Waals surface area contributed by atoms with Gasteiger partial charge in [0.2, 0.25) is 5.91 Å². The first-order valence-electron chi connectivity index (χ1n) is 9.43. The largest absolute Gasteiger partial charge is 0.479 e. The van der Waals surface area contributed by atoms with Crippen LogP contribution in [-0.2, 0) is 16.0 Å². The Morgan fingerprint density at radius 1 is 1.25 bits per heavy atom. The van der Waals surface area contributed by atoms with Crippen molar-refractivity contribution in [1.29, 1.82) is 0 Å². The highest BCUT2D eigenvalue weighted by molar-refractivity contribution is 6.03. The number of hydrogen-bond donors (Lipinski definition) is 2. The molecule has 2 aromatic carbocycles. The van der Waals surface area contributed by atoms with Gasteiger partial charge in [-0.15, -0.1) is 0 Å². The summed E-state index contributed by atoms with van der Waals surface area (Å²) in [5.41, 5.74) is 3.90. The molecule has 0 unspecified atom stereocenters. The van der Waals surface area contributed by atoms with Crippen molar-refractivity contribution >= 4 is 28.4 Å². The molecule has 4 rings (SSSR count). The van der Waals surface area contributed by atoms with Crippen LogP contribution in [0.1, 0.15) is 18.1 Å². The number of H-pyrrole nitrogens is 1. The predicted octanol–water partition coefficient (Wildman–Crippen LogP) is 2.95. The molecule has 2 amide bonds. The molecule has 0 saturated carbocycles. The van der Waals surface area contributed by atoms with Gasteiger partial charge in [0, 0.05) is 23.6 Å². The number of hydrogen-bond acceptors (Lipinski definition) is 3. The fraction of sp³-hybridized carbons (Fsp3) is 0.273. The van der Waals surface area contributed by atoms with Crippen LogP contribution in [0.5, 0.6) is 5.75 Å². The van der Waals surface area contributed by atoms with E-state index in [0.29, 0.717) is 18.0 Å². The fourth-order valence-corrected chi connectivity index (χ4v) is 3.55. The SMILES string of the molecule is Cc1ccc2c(c1)N(CC(=O)NCCc1c[nH]c3ccccc13)C(=O)[C@@H](C)O2. The van der Waals surface area contributed by atoms with Crippen LogP contribution in [0.3, 0.4) is 0 Å². The van der Waals surface area contributed by atoms with E-state index in [1.807, 2.05) is 49.5 Å². The van der Waals surface area contributed by atoms with E-state index in [2.05, 4.69) is 16.4 Å². The Morgan fingerprint density at radius 2 is 2.07 bits per heavy atom. The minimum absolute atomic E-state index is 0.0170. The molecule has 0 spiro atoms. The molecule has 3 aromatic rings. The zero-order valence-corrected chi connectivity index (χ0v) is 16.0. The molecular formula is C22H23N3O3. The van der Waals surface area contributed by atoms with E-state index >= 15 is 0 Å². The number of rotatable bonds is 5. The number of para-hydroxylation sites is 1. The third-order valence-electron chi connectivity index (χ3n) is 5.02. The second-order valence-corrected chi connectivity index (χ2v) is 7.12. The van der Waals surface area contributed by atoms with E-state index in [-0.39, 0.29) is 18.4 Å². The second kappa shape index (κ2) is 7.38. The predicted molar refractivity (Wildman–Crippen MR) is 109 cm³/mol. The summed E-state index contributed by atoms with van der Waals surface area (Å²) >= 11 is 0. The number of nitrogens with zero attached hydrogens (tertiary/aromatic N) is 1. The van der Waals surface area contributed by atoms with Crippen LogP contribution in [0.4, 0.5) is 5.69 Å². The van der Waals surface area contributed by atoms with Crippen LogP contribution in [-0.4, -0.2) is 36.0 Å². The van der Waals surface area contributed by atoms with E-state index in [1.165, 1.54) is 10.3 Å². The molecule has 0 aliphatic carbocycles. The Labute approximate surface area is 163 Å². The van der Waals surface area contributed by atoms with Crippen molar-refractivity contribution in [2.75, 3.05) is 18.0 Å². The molecule has 6 heteroatoms. The van der Waals surface area contributed by atoms with Crippen LogP contribution in [0, 0.1) is 6.92 Å². The Morgan fingerprint density at radius 3 is 2.93 bits per heavy atom. The average Bonchev–Trinajstić information content (AvgIpc) is 3.09. The van der Waals surface area contributed by atoms with Crippen LogP contribution >= 0.6 is 0 Å². The molecule has 144 valence electrons. The molecule has 2 heterocycles. The molecule has 1 aromatic heterocycles. The van der Waals surface area contributed by atoms with Crippen molar-refractivity contribution in [3.8, 4) is 5.75 Å². The Balaban J connectivity index is 1.41. The second-order valence-electron chi connectivity index (χ2n) is 7.12. The first kappa shape index (κ1) is 18.1. The number of benzene rings is 2. The number of ether oxygens (including phenoxy) is 1. The monoisotopic (exact) mass is 377 g/mol. The number of carbonyl (C=O) groups excluding carboxylic acids is 2. The fourth-order valence-electron chi connectivity index (χ4n) is 3.55. The summed E-state index contributed by atoms with van der Waals surface area (Å²) in [5, 5.41) is 4.09. The molecule has 28 heavy (non-hydrogen) atoms. The van der Waals surface area contributed by atoms with Crippen molar-refractivity contribution < 1.29 is 14.3 Å². The maximum atomic E-state index is 12.6. The molecule has 1 aliphatic heterocycles. The number of anilines is 1. The normalized spacial score (nSPS) is 16.0. The number of carbonyl (C=O) groups is 2. The molecule has 0 radical (unpaired) electrons. The molecular weight excluding hydrogens is 354 g/mol. The topological polar surface area (TPSA) is 74.4 Å².